The monoisotopic (exact) mass is 396 g/mol. The van der Waals surface area contributed by atoms with Gasteiger partial charge in [-0.15, -0.1) is 0 Å². The van der Waals surface area contributed by atoms with Gasteiger partial charge >= 0.3 is 0 Å². The molecule has 0 saturated carbocycles. The van der Waals surface area contributed by atoms with Crippen LogP contribution in [-0.4, -0.2) is 64.2 Å². The van der Waals surface area contributed by atoms with Gasteiger partial charge < -0.3 is 25.2 Å². The Balaban J connectivity index is 1.32. The van der Waals surface area contributed by atoms with E-state index in [1.54, 1.807) is 7.11 Å². The van der Waals surface area contributed by atoms with Crippen LogP contribution in [0.2, 0.25) is 0 Å². The molecule has 1 saturated heterocycles. The molecular weight excluding hydrogens is 364 g/mol. The van der Waals surface area contributed by atoms with Gasteiger partial charge in [-0.3, -0.25) is 4.79 Å². The molecule has 0 aliphatic carbocycles. The van der Waals surface area contributed by atoms with Gasteiger partial charge in [-0.2, -0.15) is 0 Å². The molecular formula is C23H32N4O2. The van der Waals surface area contributed by atoms with Crippen LogP contribution in [0.15, 0.2) is 48.5 Å². The van der Waals surface area contributed by atoms with Crippen molar-refractivity contribution in [3.63, 3.8) is 0 Å². The molecule has 0 bridgehead atoms. The lowest BCUT2D eigenvalue weighted by Crippen LogP contribution is -2.44. The number of nitrogens with one attached hydrogen (secondary N) is 2. The van der Waals surface area contributed by atoms with Crippen molar-refractivity contribution in [1.29, 1.82) is 0 Å². The molecule has 1 heterocycles. The molecule has 156 valence electrons. The van der Waals surface area contributed by atoms with Gasteiger partial charge in [-0.05, 0) is 55.4 Å². The summed E-state index contributed by atoms with van der Waals surface area (Å²) in [4.78, 5) is 16.8. The van der Waals surface area contributed by atoms with Crippen LogP contribution in [0.5, 0.6) is 5.75 Å². The predicted octanol–water partition coefficient (Wildman–Crippen LogP) is 2.61. The van der Waals surface area contributed by atoms with Gasteiger partial charge in [-0.1, -0.05) is 12.1 Å². The third-order valence-corrected chi connectivity index (χ3v) is 5.31. The molecule has 3 rings (SSSR count). The highest BCUT2D eigenvalue weighted by Crippen LogP contribution is 2.19. The summed E-state index contributed by atoms with van der Waals surface area (Å²) in [5, 5.41) is 6.31. The van der Waals surface area contributed by atoms with E-state index in [1.807, 2.05) is 24.3 Å². The van der Waals surface area contributed by atoms with Crippen LogP contribution in [-0.2, 0) is 11.2 Å². The first-order valence-corrected chi connectivity index (χ1v) is 10.3. The average Bonchev–Trinajstić information content (AvgIpc) is 2.75. The van der Waals surface area contributed by atoms with Gasteiger partial charge in [0.25, 0.3) is 0 Å². The highest BCUT2D eigenvalue weighted by molar-refractivity contribution is 5.76. The molecule has 6 nitrogen and oxygen atoms in total. The molecule has 0 unspecified atom stereocenters. The van der Waals surface area contributed by atoms with Crippen LogP contribution >= 0.6 is 0 Å². The van der Waals surface area contributed by atoms with E-state index >= 15 is 0 Å². The molecule has 6 heteroatoms. The Morgan fingerprint density at radius 3 is 2.31 bits per heavy atom. The van der Waals surface area contributed by atoms with E-state index in [4.69, 9.17) is 4.74 Å². The summed E-state index contributed by atoms with van der Waals surface area (Å²) in [7, 11) is 3.82. The standard InChI is InChI=1S/C23H32N4O2/c1-26-15-17-27(18-16-26)21-7-5-20(6-8-21)24-14-12-23(28)25-13-11-19-3-9-22(29-2)10-4-19/h3-10,24H,11-18H2,1-2H3,(H,25,28). The van der Waals surface area contributed by atoms with Gasteiger partial charge in [-0.25, -0.2) is 0 Å². The Morgan fingerprint density at radius 1 is 0.966 bits per heavy atom. The fraction of sp³-hybridized carbons (Fsp3) is 0.435. The highest BCUT2D eigenvalue weighted by atomic mass is 16.5. The van der Waals surface area contributed by atoms with Gasteiger partial charge in [0.05, 0.1) is 7.11 Å². The van der Waals surface area contributed by atoms with Crippen LogP contribution in [0.3, 0.4) is 0 Å². The first-order valence-electron chi connectivity index (χ1n) is 10.3. The second-order valence-electron chi connectivity index (χ2n) is 7.46. The van der Waals surface area contributed by atoms with E-state index in [2.05, 4.69) is 51.7 Å². The van der Waals surface area contributed by atoms with E-state index in [1.165, 1.54) is 11.3 Å². The van der Waals surface area contributed by atoms with E-state index in [0.717, 1.165) is 44.0 Å². The number of piperazine rings is 1. The van der Waals surface area contributed by atoms with Crippen LogP contribution < -0.4 is 20.3 Å². The maximum Gasteiger partial charge on any atom is 0.221 e. The molecule has 1 aliphatic rings. The molecule has 0 aromatic heterocycles. The molecule has 2 aromatic rings. The molecule has 0 radical (unpaired) electrons. The molecule has 0 spiro atoms. The largest absolute Gasteiger partial charge is 0.497 e. The zero-order chi connectivity index (χ0) is 20.5. The number of nitrogens with zero attached hydrogens (tertiary/aromatic N) is 2. The summed E-state index contributed by atoms with van der Waals surface area (Å²) < 4.78 is 5.15. The topological polar surface area (TPSA) is 56.8 Å². The Kier molecular flexibility index (Phi) is 7.76. The van der Waals surface area contributed by atoms with Crippen molar-refractivity contribution in [3.05, 3.63) is 54.1 Å². The first-order chi connectivity index (χ1) is 14.1. The van der Waals surface area contributed by atoms with E-state index < -0.39 is 0 Å². The zero-order valence-corrected chi connectivity index (χ0v) is 17.5. The minimum atomic E-state index is 0.0695. The molecule has 1 aliphatic heterocycles. The lowest BCUT2D eigenvalue weighted by molar-refractivity contribution is -0.120. The number of amides is 1. The maximum atomic E-state index is 12.0. The van der Waals surface area contributed by atoms with Crippen molar-refractivity contribution in [2.24, 2.45) is 0 Å². The number of anilines is 2. The minimum Gasteiger partial charge on any atom is -0.497 e. The fourth-order valence-electron chi connectivity index (χ4n) is 3.40. The Hall–Kier alpha value is -2.73. The third-order valence-electron chi connectivity index (χ3n) is 5.31. The Labute approximate surface area is 173 Å². The Bertz CT molecular complexity index is 753. The van der Waals surface area contributed by atoms with Crippen molar-refractivity contribution in [2.75, 3.05) is 63.6 Å². The number of likely N-dealkylation sites (N-methyl/N-ethyl adjacent to an activating group) is 1. The maximum absolute atomic E-state index is 12.0. The van der Waals surface area contributed by atoms with Crippen molar-refractivity contribution >= 4 is 17.3 Å². The normalized spacial score (nSPS) is 14.5. The van der Waals surface area contributed by atoms with Gasteiger partial charge in [0.15, 0.2) is 0 Å². The number of rotatable bonds is 9. The first kappa shape index (κ1) is 21.0. The second kappa shape index (κ2) is 10.7. The number of hydrogen-bond acceptors (Lipinski definition) is 5. The molecule has 29 heavy (non-hydrogen) atoms. The quantitative estimate of drug-likeness (QED) is 0.682. The van der Waals surface area contributed by atoms with Gasteiger partial charge in [0, 0.05) is 57.1 Å². The number of carbonyl (C=O) groups excluding carboxylic acids is 1. The average molecular weight is 397 g/mol. The van der Waals surface area contributed by atoms with Crippen LogP contribution in [0.1, 0.15) is 12.0 Å². The summed E-state index contributed by atoms with van der Waals surface area (Å²) in [5.41, 5.74) is 3.50. The van der Waals surface area contributed by atoms with E-state index in [9.17, 15) is 4.79 Å². The third kappa shape index (κ3) is 6.68. The summed E-state index contributed by atoms with van der Waals surface area (Å²) in [6, 6.07) is 16.4. The number of hydrogen-bond donors (Lipinski definition) is 2. The summed E-state index contributed by atoms with van der Waals surface area (Å²) >= 11 is 0. The molecule has 2 aromatic carbocycles. The summed E-state index contributed by atoms with van der Waals surface area (Å²) in [5.74, 6) is 0.917. The van der Waals surface area contributed by atoms with E-state index in [-0.39, 0.29) is 5.91 Å². The molecule has 0 atom stereocenters. The van der Waals surface area contributed by atoms with E-state index in [0.29, 0.717) is 19.5 Å². The van der Waals surface area contributed by atoms with Crippen molar-refractivity contribution in [2.45, 2.75) is 12.8 Å². The smallest absolute Gasteiger partial charge is 0.221 e. The number of ether oxygens (including phenoxy) is 1. The van der Waals surface area contributed by atoms with Gasteiger partial charge in [0.1, 0.15) is 5.75 Å². The highest BCUT2D eigenvalue weighted by Gasteiger charge is 2.13. The summed E-state index contributed by atoms with van der Waals surface area (Å²) in [6.45, 7) is 5.62. The van der Waals surface area contributed by atoms with Crippen molar-refractivity contribution in [3.8, 4) is 5.75 Å². The SMILES string of the molecule is COc1ccc(CCNC(=O)CCNc2ccc(N3CCN(C)CC3)cc2)cc1. The molecule has 1 fully saturated rings. The van der Waals surface area contributed by atoms with Crippen LogP contribution in [0.4, 0.5) is 11.4 Å². The zero-order valence-electron chi connectivity index (χ0n) is 17.5. The van der Waals surface area contributed by atoms with Gasteiger partial charge in [0.2, 0.25) is 5.91 Å². The lowest BCUT2D eigenvalue weighted by Gasteiger charge is -2.34. The van der Waals surface area contributed by atoms with Crippen LogP contribution in [0, 0.1) is 0 Å². The number of benzene rings is 2. The summed E-state index contributed by atoms with van der Waals surface area (Å²) in [6.07, 6.45) is 1.28. The lowest BCUT2D eigenvalue weighted by atomic mass is 10.1. The molecule has 1 amide bonds. The predicted molar refractivity (Wildman–Crippen MR) is 119 cm³/mol. The van der Waals surface area contributed by atoms with Crippen molar-refractivity contribution in [1.82, 2.24) is 10.2 Å². The number of methoxy groups -OCH3 is 1. The Morgan fingerprint density at radius 2 is 1.66 bits per heavy atom. The second-order valence-corrected chi connectivity index (χ2v) is 7.46. The molecule has 2 N–H and O–H groups in total. The van der Waals surface area contributed by atoms with Crippen molar-refractivity contribution < 1.29 is 9.53 Å². The fourth-order valence-corrected chi connectivity index (χ4v) is 3.40. The number of carbonyl (C=O) groups is 1. The van der Waals surface area contributed by atoms with Crippen LogP contribution in [0.25, 0.3) is 0 Å². The minimum absolute atomic E-state index is 0.0695.